The lowest BCUT2D eigenvalue weighted by Gasteiger charge is -2.11. The highest BCUT2D eigenvalue weighted by molar-refractivity contribution is 5.74. The van der Waals surface area contributed by atoms with Gasteiger partial charge in [-0.15, -0.1) is 0 Å². The zero-order chi connectivity index (χ0) is 12.1. The maximum atomic E-state index is 11.5. The third-order valence-corrected chi connectivity index (χ3v) is 2.74. The minimum absolute atomic E-state index is 0.0700. The van der Waals surface area contributed by atoms with E-state index in [9.17, 15) is 9.59 Å². The lowest BCUT2D eigenvalue weighted by atomic mass is 10.3. The first kappa shape index (κ1) is 11.8. The van der Waals surface area contributed by atoms with E-state index in [4.69, 9.17) is 4.84 Å². The Hall–Kier alpha value is -1.69. The van der Waals surface area contributed by atoms with E-state index in [-0.39, 0.29) is 18.6 Å². The average molecular weight is 237 g/mol. The molecule has 0 aromatic carbocycles. The third kappa shape index (κ3) is 3.39. The molecule has 92 valence electrons. The standard InChI is InChI=1S/C11H15N3O3/c15-10(13-17-9-4-1-2-5-9)8-14-7-3-6-12-11(14)16/h3,6-7,9H,1-2,4-5,8H2,(H,13,15). The van der Waals surface area contributed by atoms with Gasteiger partial charge in [-0.1, -0.05) is 12.8 Å². The number of carbonyl (C=O) groups excluding carboxylic acids is 1. The van der Waals surface area contributed by atoms with Crippen molar-refractivity contribution in [2.45, 2.75) is 38.3 Å². The molecule has 1 fully saturated rings. The minimum atomic E-state index is -0.441. The van der Waals surface area contributed by atoms with Crippen LogP contribution in [-0.4, -0.2) is 21.6 Å². The third-order valence-electron chi connectivity index (χ3n) is 2.74. The van der Waals surface area contributed by atoms with Gasteiger partial charge in [0.15, 0.2) is 0 Å². The summed E-state index contributed by atoms with van der Waals surface area (Å²) in [6.07, 6.45) is 7.27. The van der Waals surface area contributed by atoms with Crippen LogP contribution in [-0.2, 0) is 16.2 Å². The van der Waals surface area contributed by atoms with E-state index in [2.05, 4.69) is 10.5 Å². The highest BCUT2D eigenvalue weighted by Gasteiger charge is 2.16. The molecule has 1 aromatic heterocycles. The second-order valence-corrected chi connectivity index (χ2v) is 4.08. The van der Waals surface area contributed by atoms with Gasteiger partial charge in [-0.05, 0) is 18.9 Å². The molecule has 1 aliphatic carbocycles. The topological polar surface area (TPSA) is 73.2 Å². The summed E-state index contributed by atoms with van der Waals surface area (Å²) >= 11 is 0. The molecule has 0 unspecified atom stereocenters. The van der Waals surface area contributed by atoms with Crippen LogP contribution in [0.2, 0.25) is 0 Å². The molecule has 0 spiro atoms. The predicted molar refractivity (Wildman–Crippen MR) is 60.0 cm³/mol. The highest BCUT2D eigenvalue weighted by atomic mass is 16.7. The molecule has 0 saturated heterocycles. The fourth-order valence-electron chi connectivity index (χ4n) is 1.85. The van der Waals surface area contributed by atoms with E-state index in [0.29, 0.717) is 0 Å². The van der Waals surface area contributed by atoms with Crippen LogP contribution < -0.4 is 11.2 Å². The summed E-state index contributed by atoms with van der Waals surface area (Å²) in [4.78, 5) is 31.5. The number of rotatable bonds is 4. The summed E-state index contributed by atoms with van der Waals surface area (Å²) < 4.78 is 1.23. The lowest BCUT2D eigenvalue weighted by molar-refractivity contribution is -0.138. The molecule has 1 aromatic rings. The molecule has 6 nitrogen and oxygen atoms in total. The minimum Gasteiger partial charge on any atom is -0.290 e. The molecule has 0 radical (unpaired) electrons. The molecular formula is C11H15N3O3. The molecule has 1 saturated carbocycles. The van der Waals surface area contributed by atoms with Crippen LogP contribution >= 0.6 is 0 Å². The molecule has 6 heteroatoms. The van der Waals surface area contributed by atoms with Gasteiger partial charge in [-0.2, -0.15) is 0 Å². The molecule has 17 heavy (non-hydrogen) atoms. The van der Waals surface area contributed by atoms with E-state index >= 15 is 0 Å². The van der Waals surface area contributed by atoms with Crippen LogP contribution in [0.4, 0.5) is 0 Å². The smallest absolute Gasteiger partial charge is 0.290 e. The molecule has 1 aliphatic rings. The van der Waals surface area contributed by atoms with Crippen molar-refractivity contribution >= 4 is 5.91 Å². The van der Waals surface area contributed by atoms with Crippen LogP contribution in [0.15, 0.2) is 23.3 Å². The Labute approximate surface area is 98.6 Å². The van der Waals surface area contributed by atoms with Gasteiger partial charge < -0.3 is 0 Å². The monoisotopic (exact) mass is 237 g/mol. The first-order chi connectivity index (χ1) is 8.25. The summed E-state index contributed by atoms with van der Waals surface area (Å²) in [7, 11) is 0. The second-order valence-electron chi connectivity index (χ2n) is 4.08. The summed E-state index contributed by atoms with van der Waals surface area (Å²) in [5.74, 6) is -0.341. The molecule has 0 bridgehead atoms. The van der Waals surface area contributed by atoms with Crippen LogP contribution in [0, 0.1) is 0 Å². The Kier molecular flexibility index (Phi) is 3.87. The number of hydrogen-bond donors (Lipinski definition) is 1. The van der Waals surface area contributed by atoms with Gasteiger partial charge in [-0.25, -0.2) is 15.3 Å². The van der Waals surface area contributed by atoms with Crippen molar-refractivity contribution in [3.05, 3.63) is 28.9 Å². The van der Waals surface area contributed by atoms with Crippen molar-refractivity contribution in [2.75, 3.05) is 0 Å². The van der Waals surface area contributed by atoms with Crippen molar-refractivity contribution in [3.8, 4) is 0 Å². The molecule has 1 heterocycles. The van der Waals surface area contributed by atoms with Gasteiger partial charge in [0.1, 0.15) is 6.54 Å². The Morgan fingerprint density at radius 3 is 3.00 bits per heavy atom. The number of nitrogens with zero attached hydrogens (tertiary/aromatic N) is 2. The van der Waals surface area contributed by atoms with E-state index in [1.165, 1.54) is 17.0 Å². The van der Waals surface area contributed by atoms with Gasteiger partial charge in [0.2, 0.25) is 0 Å². The largest absolute Gasteiger partial charge is 0.347 e. The Balaban J connectivity index is 1.81. The molecule has 1 N–H and O–H groups in total. The van der Waals surface area contributed by atoms with Gasteiger partial charge in [0.25, 0.3) is 5.91 Å². The predicted octanol–water partition coefficient (Wildman–Crippen LogP) is 0.234. The normalized spacial score (nSPS) is 16.0. The molecular weight excluding hydrogens is 222 g/mol. The lowest BCUT2D eigenvalue weighted by Crippen LogP contribution is -2.34. The number of hydrogen-bond acceptors (Lipinski definition) is 4. The summed E-state index contributed by atoms with van der Waals surface area (Å²) in [5.41, 5.74) is 1.93. The number of nitrogens with one attached hydrogen (secondary N) is 1. The molecule has 0 atom stereocenters. The van der Waals surface area contributed by atoms with E-state index in [0.717, 1.165) is 25.7 Å². The maximum absolute atomic E-state index is 11.5. The maximum Gasteiger partial charge on any atom is 0.347 e. The van der Waals surface area contributed by atoms with Gasteiger partial charge in [0, 0.05) is 12.4 Å². The highest BCUT2D eigenvalue weighted by Crippen LogP contribution is 2.19. The number of hydroxylamine groups is 1. The Morgan fingerprint density at radius 1 is 1.53 bits per heavy atom. The summed E-state index contributed by atoms with van der Waals surface area (Å²) in [5, 5.41) is 0. The first-order valence-electron chi connectivity index (χ1n) is 5.71. The van der Waals surface area contributed by atoms with E-state index < -0.39 is 5.69 Å². The van der Waals surface area contributed by atoms with Crippen molar-refractivity contribution in [1.82, 2.24) is 15.0 Å². The SMILES string of the molecule is O=C(Cn1cccnc1=O)NOC1CCCC1. The van der Waals surface area contributed by atoms with Crippen LogP contribution in [0.3, 0.4) is 0 Å². The zero-order valence-electron chi connectivity index (χ0n) is 9.46. The second kappa shape index (κ2) is 5.58. The molecule has 0 aliphatic heterocycles. The average Bonchev–Trinajstić information content (AvgIpc) is 2.82. The van der Waals surface area contributed by atoms with Gasteiger partial charge in [-0.3, -0.25) is 14.2 Å². The number of amides is 1. The van der Waals surface area contributed by atoms with E-state index in [1.807, 2.05) is 0 Å². The van der Waals surface area contributed by atoms with Gasteiger partial charge >= 0.3 is 5.69 Å². The van der Waals surface area contributed by atoms with Crippen LogP contribution in [0.1, 0.15) is 25.7 Å². The van der Waals surface area contributed by atoms with Crippen LogP contribution in [0.5, 0.6) is 0 Å². The fourth-order valence-corrected chi connectivity index (χ4v) is 1.85. The van der Waals surface area contributed by atoms with E-state index in [1.54, 1.807) is 6.07 Å². The first-order valence-corrected chi connectivity index (χ1v) is 5.71. The zero-order valence-corrected chi connectivity index (χ0v) is 9.46. The van der Waals surface area contributed by atoms with Crippen molar-refractivity contribution in [2.24, 2.45) is 0 Å². The van der Waals surface area contributed by atoms with Crippen LogP contribution in [0.25, 0.3) is 0 Å². The molecule has 2 rings (SSSR count). The number of aromatic nitrogens is 2. The Morgan fingerprint density at radius 2 is 2.29 bits per heavy atom. The number of carbonyl (C=O) groups is 1. The quantitative estimate of drug-likeness (QED) is 0.761. The Bertz CT molecular complexity index is 438. The summed E-state index contributed by atoms with van der Waals surface area (Å²) in [6.45, 7) is -0.0700. The summed E-state index contributed by atoms with van der Waals surface area (Å²) in [6, 6.07) is 1.60. The van der Waals surface area contributed by atoms with Crippen molar-refractivity contribution < 1.29 is 9.63 Å². The van der Waals surface area contributed by atoms with Gasteiger partial charge in [0.05, 0.1) is 6.10 Å². The molecule has 1 amide bonds. The van der Waals surface area contributed by atoms with Crippen molar-refractivity contribution in [1.29, 1.82) is 0 Å². The van der Waals surface area contributed by atoms with Crippen molar-refractivity contribution in [3.63, 3.8) is 0 Å². The fraction of sp³-hybridized carbons (Fsp3) is 0.545.